The zero-order valence-electron chi connectivity index (χ0n) is 10.9. The zero-order chi connectivity index (χ0) is 11.7. The molecule has 3 atom stereocenters. The molecule has 3 unspecified atom stereocenters. The largest absolute Gasteiger partial charge is 0.0988 e. The van der Waals surface area contributed by atoms with Gasteiger partial charge in [-0.2, -0.15) is 0 Å². The second-order valence-corrected chi connectivity index (χ2v) is 5.66. The van der Waals surface area contributed by atoms with Gasteiger partial charge in [-0.05, 0) is 57.3 Å². The number of allylic oxidation sites excluding steroid dienone is 5. The second-order valence-electron chi connectivity index (χ2n) is 5.66. The van der Waals surface area contributed by atoms with Crippen LogP contribution in [0.5, 0.6) is 0 Å². The molecule has 0 radical (unpaired) electrons. The van der Waals surface area contributed by atoms with Crippen LogP contribution in [-0.4, -0.2) is 0 Å². The fraction of sp³-hybridized carbons (Fsp3) is 0.625. The van der Waals surface area contributed by atoms with E-state index in [4.69, 9.17) is 0 Å². The van der Waals surface area contributed by atoms with Gasteiger partial charge in [-0.1, -0.05) is 42.4 Å². The Balaban J connectivity index is 2.27. The maximum atomic E-state index is 3.86. The molecule has 88 valence electrons. The molecule has 0 bridgehead atoms. The van der Waals surface area contributed by atoms with Gasteiger partial charge in [0.15, 0.2) is 0 Å². The van der Waals surface area contributed by atoms with Crippen LogP contribution >= 0.6 is 0 Å². The predicted octanol–water partition coefficient (Wildman–Crippen LogP) is 4.89. The molecule has 0 heterocycles. The lowest BCUT2D eigenvalue weighted by Crippen LogP contribution is -2.23. The Kier molecular flexibility index (Phi) is 3.37. The summed E-state index contributed by atoms with van der Waals surface area (Å²) in [5.41, 5.74) is 4.79. The first kappa shape index (κ1) is 11.7. The molecule has 0 amide bonds. The van der Waals surface area contributed by atoms with Crippen LogP contribution < -0.4 is 0 Å². The van der Waals surface area contributed by atoms with E-state index in [-0.39, 0.29) is 0 Å². The Labute approximate surface area is 100 Å². The molecule has 0 nitrogen and oxygen atoms in total. The van der Waals surface area contributed by atoms with Gasteiger partial charge < -0.3 is 0 Å². The zero-order valence-corrected chi connectivity index (χ0v) is 10.9. The molecule has 1 fully saturated rings. The predicted molar refractivity (Wildman–Crippen MR) is 71.3 cm³/mol. The third-order valence-electron chi connectivity index (χ3n) is 4.53. The lowest BCUT2D eigenvalue weighted by Gasteiger charge is -2.34. The Morgan fingerprint density at radius 3 is 2.75 bits per heavy atom. The lowest BCUT2D eigenvalue weighted by atomic mass is 9.71. The molecule has 0 aromatic heterocycles. The molecule has 2 aliphatic carbocycles. The molecular formula is C16H24. The standard InChI is InChI=1S/C16H24/c1-5-11(2)10-14-8-6-12(3)15-9-7-13(4)16(14)15/h5,10,12,14-15H,1,6-9H2,2-4H3. The Morgan fingerprint density at radius 1 is 1.31 bits per heavy atom. The molecule has 0 aliphatic heterocycles. The summed E-state index contributed by atoms with van der Waals surface area (Å²) in [4.78, 5) is 0. The van der Waals surface area contributed by atoms with Gasteiger partial charge >= 0.3 is 0 Å². The summed E-state index contributed by atoms with van der Waals surface area (Å²) < 4.78 is 0. The van der Waals surface area contributed by atoms with E-state index < -0.39 is 0 Å². The van der Waals surface area contributed by atoms with Crippen LogP contribution in [0.4, 0.5) is 0 Å². The summed E-state index contributed by atoms with van der Waals surface area (Å²) in [5.74, 6) is 2.50. The molecule has 0 aromatic carbocycles. The van der Waals surface area contributed by atoms with Gasteiger partial charge in [0.05, 0.1) is 0 Å². The summed E-state index contributed by atoms with van der Waals surface area (Å²) >= 11 is 0. The minimum atomic E-state index is 0.710. The van der Waals surface area contributed by atoms with Crippen LogP contribution in [0.2, 0.25) is 0 Å². The number of fused-ring (bicyclic) bond motifs is 1. The molecule has 0 spiro atoms. The van der Waals surface area contributed by atoms with Crippen LogP contribution in [0.3, 0.4) is 0 Å². The van der Waals surface area contributed by atoms with E-state index in [0.29, 0.717) is 5.92 Å². The van der Waals surface area contributed by atoms with Crippen molar-refractivity contribution < 1.29 is 0 Å². The van der Waals surface area contributed by atoms with Gasteiger partial charge in [0.1, 0.15) is 0 Å². The minimum absolute atomic E-state index is 0.710. The third-order valence-corrected chi connectivity index (χ3v) is 4.53. The molecule has 0 heteroatoms. The van der Waals surface area contributed by atoms with Crippen molar-refractivity contribution in [1.29, 1.82) is 0 Å². The topological polar surface area (TPSA) is 0 Å². The average Bonchev–Trinajstić information content (AvgIpc) is 2.66. The highest BCUT2D eigenvalue weighted by Crippen LogP contribution is 2.48. The van der Waals surface area contributed by atoms with Crippen LogP contribution in [0, 0.1) is 17.8 Å². The monoisotopic (exact) mass is 216 g/mol. The van der Waals surface area contributed by atoms with Crippen molar-refractivity contribution in [1.82, 2.24) is 0 Å². The summed E-state index contributed by atoms with van der Waals surface area (Å²) in [5, 5.41) is 0. The highest BCUT2D eigenvalue weighted by molar-refractivity contribution is 5.31. The van der Waals surface area contributed by atoms with Crippen molar-refractivity contribution in [3.05, 3.63) is 35.5 Å². The minimum Gasteiger partial charge on any atom is -0.0988 e. The van der Waals surface area contributed by atoms with Crippen LogP contribution in [-0.2, 0) is 0 Å². The molecule has 16 heavy (non-hydrogen) atoms. The molecule has 2 aliphatic rings. The van der Waals surface area contributed by atoms with Crippen molar-refractivity contribution in [2.24, 2.45) is 17.8 Å². The van der Waals surface area contributed by atoms with E-state index >= 15 is 0 Å². The normalized spacial score (nSPS) is 35.2. The first-order valence-electron chi connectivity index (χ1n) is 6.64. The summed E-state index contributed by atoms with van der Waals surface area (Å²) in [7, 11) is 0. The quantitative estimate of drug-likeness (QED) is 0.455. The van der Waals surface area contributed by atoms with E-state index in [1.807, 2.05) is 6.08 Å². The van der Waals surface area contributed by atoms with E-state index in [2.05, 4.69) is 33.4 Å². The van der Waals surface area contributed by atoms with Gasteiger partial charge in [0.25, 0.3) is 0 Å². The van der Waals surface area contributed by atoms with Gasteiger partial charge in [0.2, 0.25) is 0 Å². The number of hydrogen-bond acceptors (Lipinski definition) is 0. The second kappa shape index (κ2) is 4.61. The lowest BCUT2D eigenvalue weighted by molar-refractivity contribution is 0.300. The van der Waals surface area contributed by atoms with Gasteiger partial charge in [-0.25, -0.2) is 0 Å². The van der Waals surface area contributed by atoms with Crippen LogP contribution in [0.15, 0.2) is 35.5 Å². The molecule has 0 aromatic rings. The summed E-state index contributed by atoms with van der Waals surface area (Å²) in [6.07, 6.45) is 9.90. The smallest absolute Gasteiger partial charge is 0.00120 e. The van der Waals surface area contributed by atoms with Crippen molar-refractivity contribution >= 4 is 0 Å². The van der Waals surface area contributed by atoms with Crippen molar-refractivity contribution in [2.75, 3.05) is 0 Å². The summed E-state index contributed by atoms with van der Waals surface area (Å²) in [6, 6.07) is 0. The molecular weight excluding hydrogens is 192 g/mol. The maximum absolute atomic E-state index is 3.86. The van der Waals surface area contributed by atoms with E-state index in [1.54, 1.807) is 11.1 Å². The van der Waals surface area contributed by atoms with Crippen molar-refractivity contribution in [3.8, 4) is 0 Å². The van der Waals surface area contributed by atoms with Crippen LogP contribution in [0.1, 0.15) is 46.5 Å². The Morgan fingerprint density at radius 2 is 2.06 bits per heavy atom. The highest BCUT2D eigenvalue weighted by atomic mass is 14.4. The van der Waals surface area contributed by atoms with Gasteiger partial charge in [0, 0.05) is 0 Å². The maximum Gasteiger partial charge on any atom is -0.00120 e. The fourth-order valence-corrected chi connectivity index (χ4v) is 3.53. The molecule has 2 rings (SSSR count). The summed E-state index contributed by atoms with van der Waals surface area (Å²) in [6.45, 7) is 10.8. The van der Waals surface area contributed by atoms with Crippen LogP contribution in [0.25, 0.3) is 0 Å². The Hall–Kier alpha value is -0.780. The SMILES string of the molecule is C=CC(C)=CC1CCC(C)C2CCC(C)=C12. The average molecular weight is 216 g/mol. The molecule has 1 saturated carbocycles. The molecule has 0 saturated heterocycles. The van der Waals surface area contributed by atoms with E-state index in [9.17, 15) is 0 Å². The van der Waals surface area contributed by atoms with Gasteiger partial charge in [-0.15, -0.1) is 0 Å². The number of rotatable bonds is 2. The highest BCUT2D eigenvalue weighted by Gasteiger charge is 2.35. The van der Waals surface area contributed by atoms with E-state index in [1.165, 1.54) is 31.3 Å². The first-order chi connectivity index (χ1) is 7.63. The Bertz CT molecular complexity index is 343. The third kappa shape index (κ3) is 2.03. The first-order valence-corrected chi connectivity index (χ1v) is 6.64. The van der Waals surface area contributed by atoms with Gasteiger partial charge in [-0.3, -0.25) is 0 Å². The van der Waals surface area contributed by atoms with Crippen molar-refractivity contribution in [3.63, 3.8) is 0 Å². The molecule has 0 N–H and O–H groups in total. The fourth-order valence-electron chi connectivity index (χ4n) is 3.53. The number of hydrogen-bond donors (Lipinski definition) is 0. The van der Waals surface area contributed by atoms with E-state index in [0.717, 1.165) is 11.8 Å². The van der Waals surface area contributed by atoms with Crippen molar-refractivity contribution in [2.45, 2.75) is 46.5 Å².